The van der Waals surface area contributed by atoms with Crippen LogP contribution in [0.1, 0.15) is 58.4 Å². The SMILES string of the molecule is C=CCN(Cc1ccccc1)C(=O)[C@@H]1[C@H]2C(=O)N(CCCCCCO)C(C(=O)N(CC=C)C(C)C)C23S[C@@H]1CC3C. The van der Waals surface area contributed by atoms with Crippen LogP contribution in [0.5, 0.6) is 0 Å². The first-order chi connectivity index (χ1) is 19.7. The third-order valence-electron chi connectivity index (χ3n) is 9.18. The molecule has 3 heterocycles. The maximum Gasteiger partial charge on any atom is 0.247 e. The van der Waals surface area contributed by atoms with Crippen LogP contribution in [0.3, 0.4) is 0 Å². The molecule has 8 heteroatoms. The lowest BCUT2D eigenvalue weighted by atomic mass is 9.65. The van der Waals surface area contributed by atoms with Gasteiger partial charge in [0.2, 0.25) is 17.7 Å². The quantitative estimate of drug-likeness (QED) is 0.244. The van der Waals surface area contributed by atoms with Crippen molar-refractivity contribution in [1.82, 2.24) is 14.7 Å². The van der Waals surface area contributed by atoms with E-state index >= 15 is 0 Å². The molecule has 1 aromatic carbocycles. The summed E-state index contributed by atoms with van der Waals surface area (Å²) in [5.74, 6) is -0.961. The van der Waals surface area contributed by atoms with Gasteiger partial charge in [0.05, 0.1) is 16.6 Å². The van der Waals surface area contributed by atoms with Crippen molar-refractivity contribution in [2.45, 2.75) is 81.5 Å². The number of amides is 3. The number of unbranched alkanes of at least 4 members (excludes halogenated alkanes) is 3. The zero-order valence-corrected chi connectivity index (χ0v) is 25.7. The predicted octanol–water partition coefficient (Wildman–Crippen LogP) is 4.51. The Kier molecular flexibility index (Phi) is 10.4. The Morgan fingerprint density at radius 2 is 1.78 bits per heavy atom. The van der Waals surface area contributed by atoms with E-state index in [-0.39, 0.29) is 41.5 Å². The number of hydrogen-bond acceptors (Lipinski definition) is 5. The van der Waals surface area contributed by atoms with Crippen molar-refractivity contribution in [3.8, 4) is 0 Å². The van der Waals surface area contributed by atoms with E-state index in [9.17, 15) is 19.5 Å². The average molecular weight is 582 g/mol. The summed E-state index contributed by atoms with van der Waals surface area (Å²) in [6.45, 7) is 15.9. The zero-order chi connectivity index (χ0) is 29.7. The number of carbonyl (C=O) groups is 3. The highest BCUT2D eigenvalue weighted by Crippen LogP contribution is 2.69. The van der Waals surface area contributed by atoms with Crippen LogP contribution in [0.15, 0.2) is 55.6 Å². The highest BCUT2D eigenvalue weighted by Gasteiger charge is 2.76. The molecule has 6 atom stereocenters. The summed E-state index contributed by atoms with van der Waals surface area (Å²) in [5, 5.41) is 9.20. The largest absolute Gasteiger partial charge is 0.396 e. The van der Waals surface area contributed by atoms with Gasteiger partial charge in [-0.25, -0.2) is 0 Å². The van der Waals surface area contributed by atoms with Crippen LogP contribution in [0, 0.1) is 17.8 Å². The van der Waals surface area contributed by atoms with E-state index in [0.717, 1.165) is 37.7 Å². The monoisotopic (exact) mass is 581 g/mol. The molecule has 1 N–H and O–H groups in total. The van der Waals surface area contributed by atoms with E-state index in [0.29, 0.717) is 26.2 Å². The summed E-state index contributed by atoms with van der Waals surface area (Å²) >= 11 is 1.73. The molecule has 3 fully saturated rings. The molecule has 2 bridgehead atoms. The second-order valence-corrected chi connectivity index (χ2v) is 13.6. The lowest BCUT2D eigenvalue weighted by Crippen LogP contribution is -2.58. The van der Waals surface area contributed by atoms with Gasteiger partial charge in [0.25, 0.3) is 0 Å². The summed E-state index contributed by atoms with van der Waals surface area (Å²) < 4.78 is -0.634. The molecular formula is C33H47N3O4S. The van der Waals surface area contributed by atoms with Crippen LogP contribution < -0.4 is 0 Å². The average Bonchev–Trinajstić information content (AvgIpc) is 3.54. The molecular weight excluding hydrogens is 534 g/mol. The van der Waals surface area contributed by atoms with Gasteiger partial charge in [0, 0.05) is 44.1 Å². The third kappa shape index (κ3) is 5.87. The lowest BCUT2D eigenvalue weighted by Gasteiger charge is -2.41. The second kappa shape index (κ2) is 13.6. The second-order valence-electron chi connectivity index (χ2n) is 12.1. The molecule has 0 saturated carbocycles. The third-order valence-corrected chi connectivity index (χ3v) is 11.3. The Morgan fingerprint density at radius 3 is 2.41 bits per heavy atom. The smallest absolute Gasteiger partial charge is 0.247 e. The normalized spacial score (nSPS) is 28.2. The van der Waals surface area contributed by atoms with Gasteiger partial charge in [-0.05, 0) is 44.6 Å². The maximum atomic E-state index is 14.4. The van der Waals surface area contributed by atoms with E-state index in [1.54, 1.807) is 23.9 Å². The van der Waals surface area contributed by atoms with Gasteiger partial charge in [0.15, 0.2) is 0 Å². The number of hydrogen-bond donors (Lipinski definition) is 1. The molecule has 3 saturated heterocycles. The Labute approximate surface area is 250 Å². The predicted molar refractivity (Wildman–Crippen MR) is 165 cm³/mol. The van der Waals surface area contributed by atoms with E-state index in [4.69, 9.17) is 0 Å². The lowest BCUT2D eigenvalue weighted by molar-refractivity contribution is -0.145. The molecule has 3 aliphatic heterocycles. The molecule has 0 aliphatic carbocycles. The summed E-state index contributed by atoms with van der Waals surface area (Å²) in [6.07, 6.45) is 7.56. The first kappa shape index (κ1) is 31.4. The van der Waals surface area contributed by atoms with Crippen molar-refractivity contribution in [3.63, 3.8) is 0 Å². The zero-order valence-electron chi connectivity index (χ0n) is 24.9. The number of thioether (sulfide) groups is 1. The molecule has 0 radical (unpaired) electrons. The highest BCUT2D eigenvalue weighted by molar-refractivity contribution is 8.02. The van der Waals surface area contributed by atoms with E-state index in [2.05, 4.69) is 20.1 Å². The first-order valence-electron chi connectivity index (χ1n) is 15.2. The molecule has 4 rings (SSSR count). The van der Waals surface area contributed by atoms with Crippen molar-refractivity contribution in [2.75, 3.05) is 26.2 Å². The number of aliphatic hydroxyl groups is 1. The van der Waals surface area contributed by atoms with Gasteiger partial charge >= 0.3 is 0 Å². The van der Waals surface area contributed by atoms with Crippen molar-refractivity contribution < 1.29 is 19.5 Å². The summed E-state index contributed by atoms with van der Waals surface area (Å²) in [7, 11) is 0. The molecule has 7 nitrogen and oxygen atoms in total. The Hall–Kier alpha value is -2.58. The fourth-order valence-corrected chi connectivity index (χ4v) is 9.73. The van der Waals surface area contributed by atoms with Gasteiger partial charge in [-0.15, -0.1) is 24.9 Å². The van der Waals surface area contributed by atoms with Crippen molar-refractivity contribution in [1.29, 1.82) is 0 Å². The standard InChI is InChI=1S/C33H47N3O4S/c1-6-17-34(22-25-15-11-10-12-16-25)30(38)27-26-21-24(5)33(41-26)28(27)31(39)36(19-13-8-9-14-20-37)29(33)32(40)35(18-7-2)23(3)4/h6-7,10-12,15-16,23-24,26-29,37H,1-2,8-9,13-14,17-22H2,3-5H3/t24?,26-,27+,28+,29?,33?/m1/s1. The molecule has 3 amide bonds. The molecule has 41 heavy (non-hydrogen) atoms. The van der Waals surface area contributed by atoms with Crippen LogP contribution >= 0.6 is 11.8 Å². The van der Waals surface area contributed by atoms with Crippen LogP contribution in [-0.2, 0) is 20.9 Å². The van der Waals surface area contributed by atoms with Crippen LogP contribution in [0.2, 0.25) is 0 Å². The summed E-state index contributed by atoms with van der Waals surface area (Å²) in [4.78, 5) is 48.7. The Bertz CT molecular complexity index is 1110. The molecule has 1 aromatic rings. The van der Waals surface area contributed by atoms with Gasteiger partial charge in [-0.3, -0.25) is 14.4 Å². The molecule has 1 spiro atoms. The molecule has 3 unspecified atom stereocenters. The van der Waals surface area contributed by atoms with Gasteiger partial charge < -0.3 is 19.8 Å². The molecule has 0 aromatic heterocycles. The number of benzene rings is 1. The molecule has 224 valence electrons. The first-order valence-corrected chi connectivity index (χ1v) is 16.0. The number of rotatable bonds is 15. The Morgan fingerprint density at radius 1 is 1.10 bits per heavy atom. The minimum Gasteiger partial charge on any atom is -0.396 e. The van der Waals surface area contributed by atoms with E-state index < -0.39 is 22.6 Å². The number of likely N-dealkylation sites (tertiary alicyclic amines) is 1. The van der Waals surface area contributed by atoms with Crippen molar-refractivity contribution in [3.05, 3.63) is 61.2 Å². The summed E-state index contributed by atoms with van der Waals surface area (Å²) in [5.41, 5.74) is 1.04. The van der Waals surface area contributed by atoms with Crippen LogP contribution in [0.25, 0.3) is 0 Å². The number of nitrogens with zero attached hydrogens (tertiary/aromatic N) is 3. The van der Waals surface area contributed by atoms with Gasteiger partial charge in [-0.1, -0.05) is 62.2 Å². The number of carbonyl (C=O) groups excluding carboxylic acids is 3. The minimum atomic E-state index is -0.634. The summed E-state index contributed by atoms with van der Waals surface area (Å²) in [6, 6.07) is 9.27. The van der Waals surface area contributed by atoms with Gasteiger partial charge in [0.1, 0.15) is 6.04 Å². The Balaban J connectivity index is 1.70. The van der Waals surface area contributed by atoms with Crippen molar-refractivity contribution >= 4 is 29.5 Å². The molecule has 3 aliphatic rings. The maximum absolute atomic E-state index is 14.4. The highest BCUT2D eigenvalue weighted by atomic mass is 32.2. The minimum absolute atomic E-state index is 0.00319. The van der Waals surface area contributed by atoms with Gasteiger partial charge in [-0.2, -0.15) is 0 Å². The fraction of sp³-hybridized carbons (Fsp3) is 0.606. The topological polar surface area (TPSA) is 81.2 Å². The number of fused-ring (bicyclic) bond motifs is 1. The van der Waals surface area contributed by atoms with Crippen LogP contribution in [0.4, 0.5) is 0 Å². The van der Waals surface area contributed by atoms with E-state index in [1.165, 1.54) is 0 Å². The fourth-order valence-electron chi connectivity index (χ4n) is 7.32. The number of aliphatic hydroxyl groups excluding tert-OH is 1. The van der Waals surface area contributed by atoms with Crippen molar-refractivity contribution in [2.24, 2.45) is 17.8 Å². The van der Waals surface area contributed by atoms with E-state index in [1.807, 2.05) is 58.9 Å². The van der Waals surface area contributed by atoms with Crippen LogP contribution in [-0.4, -0.2) is 85.8 Å².